The molecule has 3 rings (SSSR count). The standard InChI is InChI=1S/C24H22F2N4O2/c25-16-9-7-15(8-10-16)19(27)14-20(28)23-17(4-3-5-18(23)26)24(32)30-22(11-13-31)21-6-1-2-12-29-21/h1-10,12,14,22,27,31H,11,13,28H2,(H,30,32). The molecule has 0 aliphatic heterocycles. The van der Waals surface area contributed by atoms with Crippen molar-refractivity contribution in [1.29, 1.82) is 5.41 Å². The Kier molecular flexibility index (Phi) is 7.41. The number of allylic oxidation sites excluding steroid dienone is 1. The fourth-order valence-corrected chi connectivity index (χ4v) is 3.19. The number of benzene rings is 2. The Hall–Kier alpha value is -3.91. The normalized spacial score (nSPS) is 12.3. The monoisotopic (exact) mass is 436 g/mol. The fraction of sp³-hybridized carbons (Fsp3) is 0.125. The molecule has 1 heterocycles. The van der Waals surface area contributed by atoms with Crippen molar-refractivity contribution in [3.05, 3.63) is 107 Å². The van der Waals surface area contributed by atoms with Crippen LogP contribution < -0.4 is 11.1 Å². The number of pyridine rings is 1. The lowest BCUT2D eigenvalue weighted by atomic mass is 10.00. The lowest BCUT2D eigenvalue weighted by molar-refractivity contribution is 0.0928. The number of aliphatic hydroxyl groups excluding tert-OH is 1. The number of hydrogen-bond acceptors (Lipinski definition) is 5. The van der Waals surface area contributed by atoms with Gasteiger partial charge < -0.3 is 21.6 Å². The van der Waals surface area contributed by atoms with E-state index in [0.717, 1.165) is 6.07 Å². The van der Waals surface area contributed by atoms with Gasteiger partial charge in [-0.25, -0.2) is 8.78 Å². The minimum Gasteiger partial charge on any atom is -0.398 e. The Balaban J connectivity index is 1.91. The number of amides is 1. The molecule has 1 atom stereocenters. The summed E-state index contributed by atoms with van der Waals surface area (Å²) in [5.41, 5.74) is 6.64. The van der Waals surface area contributed by atoms with Crippen molar-refractivity contribution < 1.29 is 18.7 Å². The van der Waals surface area contributed by atoms with Crippen LogP contribution in [0.15, 0.2) is 72.9 Å². The van der Waals surface area contributed by atoms with Gasteiger partial charge in [0.05, 0.1) is 23.0 Å². The zero-order chi connectivity index (χ0) is 23.1. The maximum atomic E-state index is 14.7. The van der Waals surface area contributed by atoms with E-state index in [2.05, 4.69) is 10.3 Å². The molecule has 32 heavy (non-hydrogen) atoms. The van der Waals surface area contributed by atoms with Gasteiger partial charge in [-0.2, -0.15) is 0 Å². The van der Waals surface area contributed by atoms with Crippen LogP contribution in [0, 0.1) is 17.0 Å². The molecule has 1 aromatic heterocycles. The van der Waals surface area contributed by atoms with E-state index in [4.69, 9.17) is 11.1 Å². The van der Waals surface area contributed by atoms with Crippen LogP contribution >= 0.6 is 0 Å². The Morgan fingerprint density at radius 3 is 2.53 bits per heavy atom. The van der Waals surface area contributed by atoms with Crippen molar-refractivity contribution in [3.63, 3.8) is 0 Å². The molecule has 0 bridgehead atoms. The van der Waals surface area contributed by atoms with Crippen molar-refractivity contribution in [3.8, 4) is 0 Å². The summed E-state index contributed by atoms with van der Waals surface area (Å²) in [4.78, 5) is 17.2. The highest BCUT2D eigenvalue weighted by atomic mass is 19.1. The molecule has 0 saturated carbocycles. The van der Waals surface area contributed by atoms with Crippen molar-refractivity contribution in [1.82, 2.24) is 10.3 Å². The third-order valence-corrected chi connectivity index (χ3v) is 4.77. The van der Waals surface area contributed by atoms with Gasteiger partial charge in [-0.05, 0) is 66.6 Å². The van der Waals surface area contributed by atoms with E-state index in [0.29, 0.717) is 11.3 Å². The van der Waals surface area contributed by atoms with E-state index in [9.17, 15) is 18.7 Å². The number of aliphatic hydroxyl groups is 1. The molecule has 164 valence electrons. The van der Waals surface area contributed by atoms with Crippen LogP contribution in [-0.2, 0) is 0 Å². The zero-order valence-corrected chi connectivity index (χ0v) is 17.1. The molecule has 0 radical (unpaired) electrons. The Morgan fingerprint density at radius 2 is 1.88 bits per heavy atom. The highest BCUT2D eigenvalue weighted by Crippen LogP contribution is 2.22. The van der Waals surface area contributed by atoms with Gasteiger partial charge in [-0.1, -0.05) is 12.1 Å². The number of aromatic nitrogens is 1. The summed E-state index contributed by atoms with van der Waals surface area (Å²) in [6.07, 6.45) is 3.00. The number of nitrogens with two attached hydrogens (primary N) is 1. The lowest BCUT2D eigenvalue weighted by Gasteiger charge is -2.19. The van der Waals surface area contributed by atoms with Crippen LogP contribution in [0.3, 0.4) is 0 Å². The summed E-state index contributed by atoms with van der Waals surface area (Å²) in [5, 5.41) is 20.3. The van der Waals surface area contributed by atoms with Gasteiger partial charge in [0.1, 0.15) is 11.6 Å². The first-order valence-corrected chi connectivity index (χ1v) is 9.84. The topological polar surface area (TPSA) is 112 Å². The number of halogens is 2. The Morgan fingerprint density at radius 1 is 1.12 bits per heavy atom. The average Bonchev–Trinajstić information content (AvgIpc) is 2.79. The van der Waals surface area contributed by atoms with Gasteiger partial charge in [-0.3, -0.25) is 9.78 Å². The van der Waals surface area contributed by atoms with Gasteiger partial charge in [-0.15, -0.1) is 0 Å². The summed E-state index contributed by atoms with van der Waals surface area (Å²) in [6.45, 7) is -0.186. The van der Waals surface area contributed by atoms with E-state index >= 15 is 0 Å². The zero-order valence-electron chi connectivity index (χ0n) is 17.1. The second kappa shape index (κ2) is 10.4. The first-order valence-electron chi connectivity index (χ1n) is 9.84. The number of nitrogens with zero attached hydrogens (tertiary/aromatic N) is 1. The first-order chi connectivity index (χ1) is 15.4. The fourth-order valence-electron chi connectivity index (χ4n) is 3.19. The van der Waals surface area contributed by atoms with Crippen LogP contribution in [0.4, 0.5) is 8.78 Å². The summed E-state index contributed by atoms with van der Waals surface area (Å²) >= 11 is 0. The van der Waals surface area contributed by atoms with Gasteiger partial charge in [0.15, 0.2) is 0 Å². The highest BCUT2D eigenvalue weighted by Gasteiger charge is 2.21. The van der Waals surface area contributed by atoms with Crippen LogP contribution in [0.5, 0.6) is 0 Å². The maximum absolute atomic E-state index is 14.7. The molecule has 0 aliphatic carbocycles. The molecule has 1 amide bonds. The third kappa shape index (κ3) is 5.41. The molecule has 0 saturated heterocycles. The molecule has 1 unspecified atom stereocenters. The van der Waals surface area contributed by atoms with Crippen LogP contribution in [-0.4, -0.2) is 28.3 Å². The van der Waals surface area contributed by atoms with E-state index in [1.54, 1.807) is 24.4 Å². The molecule has 5 N–H and O–H groups in total. The Labute approximate surface area is 183 Å². The predicted octanol–water partition coefficient (Wildman–Crippen LogP) is 3.58. The number of nitrogens with one attached hydrogen (secondary N) is 2. The molecular weight excluding hydrogens is 414 g/mol. The largest absolute Gasteiger partial charge is 0.398 e. The minimum atomic E-state index is -0.727. The quantitative estimate of drug-likeness (QED) is 0.404. The van der Waals surface area contributed by atoms with Crippen molar-refractivity contribution >= 4 is 17.3 Å². The summed E-state index contributed by atoms with van der Waals surface area (Å²) in [7, 11) is 0. The van der Waals surface area contributed by atoms with Gasteiger partial charge in [0.2, 0.25) is 0 Å². The summed E-state index contributed by atoms with van der Waals surface area (Å²) in [6, 6.07) is 13.8. The van der Waals surface area contributed by atoms with Crippen LogP contribution in [0.1, 0.15) is 39.6 Å². The lowest BCUT2D eigenvalue weighted by Crippen LogP contribution is -2.31. The SMILES string of the molecule is N=C(C=C(N)c1c(F)cccc1C(=O)NC(CCO)c1ccccn1)c1ccc(F)cc1. The average molecular weight is 436 g/mol. The third-order valence-electron chi connectivity index (χ3n) is 4.77. The molecule has 6 nitrogen and oxygen atoms in total. The van der Waals surface area contributed by atoms with Crippen LogP contribution in [0.25, 0.3) is 5.70 Å². The van der Waals surface area contributed by atoms with Gasteiger partial charge in [0, 0.05) is 24.1 Å². The summed E-state index contributed by atoms with van der Waals surface area (Å²) < 4.78 is 27.8. The first kappa shape index (κ1) is 22.8. The summed E-state index contributed by atoms with van der Waals surface area (Å²) in [5.74, 6) is -1.78. The smallest absolute Gasteiger partial charge is 0.252 e. The highest BCUT2D eigenvalue weighted by molar-refractivity contribution is 6.11. The molecule has 2 aromatic carbocycles. The molecule has 0 aliphatic rings. The second-order valence-electron chi connectivity index (χ2n) is 6.98. The van der Waals surface area contributed by atoms with E-state index in [-0.39, 0.29) is 35.6 Å². The van der Waals surface area contributed by atoms with Crippen LogP contribution in [0.2, 0.25) is 0 Å². The predicted molar refractivity (Wildman–Crippen MR) is 118 cm³/mol. The molecule has 0 fully saturated rings. The number of hydrogen-bond donors (Lipinski definition) is 4. The molecule has 8 heteroatoms. The number of rotatable bonds is 8. The van der Waals surface area contributed by atoms with E-state index < -0.39 is 23.6 Å². The van der Waals surface area contributed by atoms with Crippen molar-refractivity contribution in [2.24, 2.45) is 5.73 Å². The number of carbonyl (C=O) groups excluding carboxylic acids is 1. The van der Waals surface area contributed by atoms with Gasteiger partial charge >= 0.3 is 0 Å². The molecule has 3 aromatic rings. The molecule has 0 spiro atoms. The second-order valence-corrected chi connectivity index (χ2v) is 6.98. The van der Waals surface area contributed by atoms with Crippen molar-refractivity contribution in [2.45, 2.75) is 12.5 Å². The van der Waals surface area contributed by atoms with E-state index in [1.165, 1.54) is 42.5 Å². The Bertz CT molecular complexity index is 1130. The van der Waals surface area contributed by atoms with Crippen molar-refractivity contribution in [2.75, 3.05) is 6.61 Å². The maximum Gasteiger partial charge on any atom is 0.252 e. The molecular formula is C24H22F2N4O2. The van der Waals surface area contributed by atoms with E-state index in [1.807, 2.05) is 0 Å². The van der Waals surface area contributed by atoms with Gasteiger partial charge in [0.25, 0.3) is 5.91 Å². The minimum absolute atomic E-state index is 0.0236. The number of carbonyl (C=O) groups is 1.